The minimum atomic E-state index is -0.359. The highest BCUT2D eigenvalue weighted by molar-refractivity contribution is 5.79. The number of aliphatic hydroxyl groups excluding tert-OH is 1. The Kier molecular flexibility index (Phi) is 6.49. The normalized spacial score (nSPS) is 12.7. The Hall–Kier alpha value is -1.43. The molecule has 0 saturated carbocycles. The molecule has 0 fully saturated rings. The lowest BCUT2D eigenvalue weighted by Gasteiger charge is -2.12. The van der Waals surface area contributed by atoms with E-state index < -0.39 is 0 Å². The highest BCUT2D eigenvalue weighted by atomic mass is 16.2. The third kappa shape index (κ3) is 5.38. The molecule has 0 radical (unpaired) electrons. The molecule has 1 atom stereocenters. The van der Waals surface area contributed by atoms with Crippen molar-refractivity contribution in [2.45, 2.75) is 46.1 Å². The third-order valence-corrected chi connectivity index (χ3v) is 2.95. The molecule has 0 saturated heterocycles. The van der Waals surface area contributed by atoms with Gasteiger partial charge in [-0.2, -0.15) is 0 Å². The van der Waals surface area contributed by atoms with Gasteiger partial charge in [0.25, 0.3) is 0 Å². The molecule has 6 nitrogen and oxygen atoms in total. The van der Waals surface area contributed by atoms with Crippen LogP contribution in [0.1, 0.15) is 45.3 Å². The number of hydrogen-bond acceptors (Lipinski definition) is 4. The number of aliphatic hydroxyl groups is 1. The zero-order valence-corrected chi connectivity index (χ0v) is 12.0. The molecule has 1 amide bonds. The summed E-state index contributed by atoms with van der Waals surface area (Å²) in [6.07, 6.45) is 4.08. The van der Waals surface area contributed by atoms with Crippen LogP contribution in [0.25, 0.3) is 0 Å². The predicted octanol–water partition coefficient (Wildman–Crippen LogP) is 0.926. The number of amides is 1. The maximum Gasteiger partial charge on any atom is 0.244 e. The molecular weight excluding hydrogens is 244 g/mol. The summed E-state index contributed by atoms with van der Waals surface area (Å²) in [5.74, 6) is 0.534. The summed E-state index contributed by atoms with van der Waals surface area (Å²) < 4.78 is 1.57. The van der Waals surface area contributed by atoms with Crippen molar-refractivity contribution < 1.29 is 9.90 Å². The van der Waals surface area contributed by atoms with Gasteiger partial charge in [0.05, 0.1) is 5.69 Å². The number of hydrogen-bond donors (Lipinski definition) is 2. The number of carbonyl (C=O) groups excluding carboxylic acids is 1. The second-order valence-electron chi connectivity index (χ2n) is 5.17. The van der Waals surface area contributed by atoms with E-state index in [0.717, 1.165) is 12.1 Å². The van der Waals surface area contributed by atoms with Gasteiger partial charge in [-0.15, -0.1) is 5.10 Å². The Morgan fingerprint density at radius 1 is 1.47 bits per heavy atom. The average molecular weight is 268 g/mol. The van der Waals surface area contributed by atoms with Crippen LogP contribution in [0, 0.1) is 5.92 Å². The van der Waals surface area contributed by atoms with Crippen molar-refractivity contribution in [3.63, 3.8) is 0 Å². The SMILES string of the molecule is CC(C)CCNC(=O)C(C)n1cc(CCCO)nn1. The summed E-state index contributed by atoms with van der Waals surface area (Å²) in [6, 6.07) is -0.359. The number of nitrogens with zero attached hydrogens (tertiary/aromatic N) is 3. The van der Waals surface area contributed by atoms with E-state index in [4.69, 9.17) is 5.11 Å². The summed E-state index contributed by atoms with van der Waals surface area (Å²) >= 11 is 0. The van der Waals surface area contributed by atoms with Crippen LogP contribution in [0.2, 0.25) is 0 Å². The second-order valence-corrected chi connectivity index (χ2v) is 5.17. The van der Waals surface area contributed by atoms with Gasteiger partial charge < -0.3 is 10.4 Å². The maximum absolute atomic E-state index is 11.9. The minimum Gasteiger partial charge on any atom is -0.396 e. The molecule has 1 heterocycles. The summed E-state index contributed by atoms with van der Waals surface area (Å²) in [4.78, 5) is 11.9. The largest absolute Gasteiger partial charge is 0.396 e. The Morgan fingerprint density at radius 2 is 2.21 bits per heavy atom. The Bertz CT molecular complexity index is 390. The molecule has 6 heteroatoms. The van der Waals surface area contributed by atoms with Gasteiger partial charge >= 0.3 is 0 Å². The monoisotopic (exact) mass is 268 g/mol. The van der Waals surface area contributed by atoms with Gasteiger partial charge in [-0.25, -0.2) is 4.68 Å². The zero-order chi connectivity index (χ0) is 14.3. The summed E-state index contributed by atoms with van der Waals surface area (Å²) in [7, 11) is 0. The lowest BCUT2D eigenvalue weighted by atomic mass is 10.1. The van der Waals surface area contributed by atoms with Crippen molar-refractivity contribution in [3.8, 4) is 0 Å². The van der Waals surface area contributed by atoms with Crippen LogP contribution in [-0.4, -0.2) is 39.2 Å². The first kappa shape index (κ1) is 15.6. The van der Waals surface area contributed by atoms with Crippen molar-refractivity contribution in [1.29, 1.82) is 0 Å². The lowest BCUT2D eigenvalue weighted by Crippen LogP contribution is -2.32. The lowest BCUT2D eigenvalue weighted by molar-refractivity contribution is -0.124. The van der Waals surface area contributed by atoms with Crippen molar-refractivity contribution in [3.05, 3.63) is 11.9 Å². The molecule has 1 rings (SSSR count). The van der Waals surface area contributed by atoms with Gasteiger partial charge in [-0.1, -0.05) is 19.1 Å². The number of carbonyl (C=O) groups is 1. The van der Waals surface area contributed by atoms with Crippen LogP contribution < -0.4 is 5.32 Å². The molecule has 1 aromatic rings. The first-order chi connectivity index (χ1) is 9.04. The molecule has 0 spiro atoms. The van der Waals surface area contributed by atoms with Crippen LogP contribution in [0.5, 0.6) is 0 Å². The second kappa shape index (κ2) is 7.89. The van der Waals surface area contributed by atoms with Gasteiger partial charge in [-0.05, 0) is 32.1 Å². The molecule has 0 aliphatic heterocycles. The summed E-state index contributed by atoms with van der Waals surface area (Å²) in [6.45, 7) is 6.88. The van der Waals surface area contributed by atoms with Crippen LogP contribution in [-0.2, 0) is 11.2 Å². The Morgan fingerprint density at radius 3 is 2.84 bits per heavy atom. The molecule has 19 heavy (non-hydrogen) atoms. The Labute approximate surface area is 114 Å². The number of aryl methyl sites for hydroxylation is 1. The molecule has 2 N–H and O–H groups in total. The van der Waals surface area contributed by atoms with Crippen LogP contribution in [0.4, 0.5) is 0 Å². The first-order valence-electron chi connectivity index (χ1n) is 6.84. The van der Waals surface area contributed by atoms with E-state index in [1.807, 2.05) is 0 Å². The summed E-state index contributed by atoms with van der Waals surface area (Å²) in [5, 5.41) is 19.6. The predicted molar refractivity (Wildman–Crippen MR) is 72.6 cm³/mol. The highest BCUT2D eigenvalue weighted by Gasteiger charge is 2.16. The molecule has 1 aromatic heterocycles. The third-order valence-electron chi connectivity index (χ3n) is 2.95. The standard InChI is InChI=1S/C13H24N4O2/c1-10(2)6-7-14-13(19)11(3)17-9-12(15-16-17)5-4-8-18/h9-11,18H,4-8H2,1-3H3,(H,14,19). The van der Waals surface area contributed by atoms with Crippen molar-refractivity contribution in [2.75, 3.05) is 13.2 Å². The average Bonchev–Trinajstić information content (AvgIpc) is 2.83. The fourth-order valence-electron chi connectivity index (χ4n) is 1.63. The van der Waals surface area contributed by atoms with E-state index in [-0.39, 0.29) is 18.6 Å². The van der Waals surface area contributed by atoms with E-state index in [9.17, 15) is 4.79 Å². The van der Waals surface area contributed by atoms with Crippen LogP contribution in [0.15, 0.2) is 6.20 Å². The molecule has 0 aromatic carbocycles. The van der Waals surface area contributed by atoms with E-state index in [1.165, 1.54) is 0 Å². The van der Waals surface area contributed by atoms with Gasteiger partial charge in [0, 0.05) is 19.3 Å². The molecule has 1 unspecified atom stereocenters. The molecule has 0 bridgehead atoms. The zero-order valence-electron chi connectivity index (χ0n) is 12.0. The van der Waals surface area contributed by atoms with E-state index >= 15 is 0 Å². The van der Waals surface area contributed by atoms with Gasteiger partial charge in [0.2, 0.25) is 5.91 Å². The van der Waals surface area contributed by atoms with Crippen molar-refractivity contribution in [1.82, 2.24) is 20.3 Å². The van der Waals surface area contributed by atoms with E-state index in [1.54, 1.807) is 17.8 Å². The quantitative estimate of drug-likeness (QED) is 0.735. The van der Waals surface area contributed by atoms with Gasteiger partial charge in [-0.3, -0.25) is 4.79 Å². The first-order valence-corrected chi connectivity index (χ1v) is 6.84. The van der Waals surface area contributed by atoms with Gasteiger partial charge in [0.15, 0.2) is 0 Å². The smallest absolute Gasteiger partial charge is 0.244 e. The molecule has 0 aliphatic rings. The van der Waals surface area contributed by atoms with E-state index in [2.05, 4.69) is 29.5 Å². The molecular formula is C13H24N4O2. The van der Waals surface area contributed by atoms with Crippen LogP contribution in [0.3, 0.4) is 0 Å². The molecule has 0 aliphatic carbocycles. The topological polar surface area (TPSA) is 80.0 Å². The number of aromatic nitrogens is 3. The summed E-state index contributed by atoms with van der Waals surface area (Å²) in [5.41, 5.74) is 0.802. The van der Waals surface area contributed by atoms with Crippen molar-refractivity contribution >= 4 is 5.91 Å². The Balaban J connectivity index is 2.45. The van der Waals surface area contributed by atoms with Gasteiger partial charge in [0.1, 0.15) is 6.04 Å². The fraction of sp³-hybridized carbons (Fsp3) is 0.769. The van der Waals surface area contributed by atoms with Crippen LogP contribution >= 0.6 is 0 Å². The highest BCUT2D eigenvalue weighted by Crippen LogP contribution is 2.06. The van der Waals surface area contributed by atoms with E-state index in [0.29, 0.717) is 25.3 Å². The number of rotatable bonds is 8. The minimum absolute atomic E-state index is 0.0424. The number of nitrogens with one attached hydrogen (secondary N) is 1. The molecule has 108 valence electrons. The fourth-order valence-corrected chi connectivity index (χ4v) is 1.63. The maximum atomic E-state index is 11.9. The van der Waals surface area contributed by atoms with Crippen molar-refractivity contribution in [2.24, 2.45) is 5.92 Å².